The van der Waals surface area contributed by atoms with Gasteiger partial charge in [-0.3, -0.25) is 37.3 Å². The largest absolute Gasteiger partial charge is 0.472 e. The van der Waals surface area contributed by atoms with E-state index < -0.39 is 97.5 Å². The van der Waals surface area contributed by atoms with Gasteiger partial charge >= 0.3 is 39.5 Å². The van der Waals surface area contributed by atoms with Crippen LogP contribution in [0.3, 0.4) is 0 Å². The number of esters is 4. The van der Waals surface area contributed by atoms with Crippen LogP contribution in [0.5, 0.6) is 0 Å². The quantitative estimate of drug-likeness (QED) is 0.0222. The first-order chi connectivity index (χ1) is 45.4. The minimum Gasteiger partial charge on any atom is -0.462 e. The smallest absolute Gasteiger partial charge is 0.462 e. The van der Waals surface area contributed by atoms with Crippen LogP contribution in [0.25, 0.3) is 0 Å². The van der Waals surface area contributed by atoms with Gasteiger partial charge in [0.25, 0.3) is 0 Å². The molecule has 0 fully saturated rings. The van der Waals surface area contributed by atoms with Crippen LogP contribution in [-0.2, 0) is 65.4 Å². The molecule has 0 bridgehead atoms. The molecule has 0 heterocycles. The normalized spacial score (nSPS) is 14.0. The summed E-state index contributed by atoms with van der Waals surface area (Å²) in [6.45, 7) is 9.61. The van der Waals surface area contributed by atoms with Crippen molar-refractivity contribution in [3.05, 3.63) is 0 Å². The lowest BCUT2D eigenvalue weighted by molar-refractivity contribution is -0.161. The molecule has 0 saturated heterocycles. The molecule has 2 unspecified atom stereocenters. The Bertz CT molecular complexity index is 1820. The number of aliphatic hydroxyl groups excluding tert-OH is 1. The van der Waals surface area contributed by atoms with Crippen LogP contribution in [0.2, 0.25) is 0 Å². The number of carbonyl (C=O) groups excluding carboxylic acids is 4. The van der Waals surface area contributed by atoms with Gasteiger partial charge in [-0.1, -0.05) is 337 Å². The summed E-state index contributed by atoms with van der Waals surface area (Å²) in [6, 6.07) is 0. The van der Waals surface area contributed by atoms with E-state index >= 15 is 0 Å². The van der Waals surface area contributed by atoms with Gasteiger partial charge in [-0.05, 0) is 37.5 Å². The van der Waals surface area contributed by atoms with Crippen LogP contribution in [0.1, 0.15) is 388 Å². The van der Waals surface area contributed by atoms with Crippen molar-refractivity contribution in [1.29, 1.82) is 0 Å². The molecule has 0 spiro atoms. The highest BCUT2D eigenvalue weighted by Gasteiger charge is 2.30. The molecule has 0 saturated carbocycles. The van der Waals surface area contributed by atoms with E-state index in [2.05, 4.69) is 41.5 Å². The second-order valence-corrected chi connectivity index (χ2v) is 30.9. The van der Waals surface area contributed by atoms with Crippen molar-refractivity contribution < 1.29 is 80.2 Å². The van der Waals surface area contributed by atoms with Gasteiger partial charge in [0.1, 0.15) is 19.3 Å². The standard InChI is InChI=1S/C75H146O17P2/c1-7-9-11-13-15-17-19-21-28-35-41-47-53-59-74(79)91-70(63-85-72(77)57-51-45-39-33-25-18-16-14-12-10-8-2)65-89-93(81,82)87-61-69(76)62-88-94(83,84)90-66-71(64-86-73(78)58-52-46-40-34-30-24-27-32-38-44-50-56-68(5)6)92-75(80)60-54-48-42-36-29-23-20-22-26-31-37-43-49-55-67(3)4/h67-71,76H,7-66H2,1-6H3,(H,81,82)(H,83,84)/t69-,70+,71+/m0/s1. The van der Waals surface area contributed by atoms with Gasteiger partial charge in [0, 0.05) is 25.7 Å². The Morgan fingerprint density at radius 2 is 0.489 bits per heavy atom. The number of ether oxygens (including phenoxy) is 4. The minimum absolute atomic E-state index is 0.107. The molecule has 0 rings (SSSR count). The Kier molecular flexibility index (Phi) is 65.5. The van der Waals surface area contributed by atoms with E-state index in [9.17, 15) is 43.2 Å². The fraction of sp³-hybridized carbons (Fsp3) is 0.947. The van der Waals surface area contributed by atoms with Crippen molar-refractivity contribution in [3.63, 3.8) is 0 Å². The number of hydrogen-bond acceptors (Lipinski definition) is 15. The molecule has 0 aliphatic heterocycles. The Morgan fingerprint density at radius 3 is 0.723 bits per heavy atom. The molecule has 0 aromatic rings. The lowest BCUT2D eigenvalue weighted by Gasteiger charge is -2.21. The molecule has 0 aromatic heterocycles. The van der Waals surface area contributed by atoms with E-state index in [1.165, 1.54) is 205 Å². The highest BCUT2D eigenvalue weighted by Crippen LogP contribution is 2.45. The average molecular weight is 1380 g/mol. The third kappa shape index (κ3) is 68.6. The van der Waals surface area contributed by atoms with E-state index in [4.69, 9.17) is 37.0 Å². The SMILES string of the molecule is CCCCCCCCCCCCCCCC(=O)O[C@H](COC(=O)CCCCCCCCCCCCC)COP(=O)(O)OC[C@H](O)COP(=O)(O)OC[C@@H](COC(=O)CCCCCCCCCCCCCC(C)C)OC(=O)CCCCCCCCCCCCCCCC(C)C. The minimum atomic E-state index is -4.96. The second kappa shape index (κ2) is 66.9. The second-order valence-electron chi connectivity index (χ2n) is 28.0. The summed E-state index contributed by atoms with van der Waals surface area (Å²) in [4.78, 5) is 72.8. The average Bonchev–Trinajstić information content (AvgIpc) is 3.71. The number of rotatable bonds is 74. The Balaban J connectivity index is 5.26. The van der Waals surface area contributed by atoms with Crippen LogP contribution in [0, 0.1) is 11.8 Å². The van der Waals surface area contributed by atoms with Crippen molar-refractivity contribution in [2.45, 2.75) is 407 Å². The Hall–Kier alpha value is -1.94. The van der Waals surface area contributed by atoms with Crippen LogP contribution in [-0.4, -0.2) is 96.7 Å². The van der Waals surface area contributed by atoms with Crippen molar-refractivity contribution in [2.24, 2.45) is 11.8 Å². The molecule has 17 nitrogen and oxygen atoms in total. The van der Waals surface area contributed by atoms with Crippen molar-refractivity contribution in [2.75, 3.05) is 39.6 Å². The summed E-state index contributed by atoms with van der Waals surface area (Å²) in [7, 11) is -9.91. The summed E-state index contributed by atoms with van der Waals surface area (Å²) >= 11 is 0. The van der Waals surface area contributed by atoms with Crippen LogP contribution >= 0.6 is 15.6 Å². The monoisotopic (exact) mass is 1380 g/mol. The summed E-state index contributed by atoms with van der Waals surface area (Å²) in [5, 5.41) is 10.6. The zero-order valence-electron chi connectivity index (χ0n) is 61.3. The summed E-state index contributed by atoms with van der Waals surface area (Å²) < 4.78 is 68.5. The summed E-state index contributed by atoms with van der Waals surface area (Å²) in [5.74, 6) is -0.557. The fourth-order valence-corrected chi connectivity index (χ4v) is 13.1. The molecule has 19 heteroatoms. The van der Waals surface area contributed by atoms with Gasteiger partial charge in [-0.15, -0.1) is 0 Å². The molecule has 0 aromatic carbocycles. The van der Waals surface area contributed by atoms with Gasteiger partial charge in [-0.2, -0.15) is 0 Å². The van der Waals surface area contributed by atoms with Crippen LogP contribution in [0.4, 0.5) is 0 Å². The summed E-state index contributed by atoms with van der Waals surface area (Å²) in [5.41, 5.74) is 0. The molecule has 0 aliphatic carbocycles. The zero-order valence-corrected chi connectivity index (χ0v) is 63.1. The number of phosphoric ester groups is 2. The first kappa shape index (κ1) is 92.1. The number of hydrogen-bond donors (Lipinski definition) is 3. The number of aliphatic hydroxyl groups is 1. The maximum absolute atomic E-state index is 13.1. The van der Waals surface area contributed by atoms with Gasteiger partial charge in [0.15, 0.2) is 12.2 Å². The topological polar surface area (TPSA) is 237 Å². The number of carbonyl (C=O) groups is 4. The van der Waals surface area contributed by atoms with Gasteiger partial charge in [0.2, 0.25) is 0 Å². The van der Waals surface area contributed by atoms with Crippen molar-refractivity contribution in [1.82, 2.24) is 0 Å². The summed E-state index contributed by atoms with van der Waals surface area (Å²) in [6.07, 6.45) is 53.9. The predicted octanol–water partition coefficient (Wildman–Crippen LogP) is 21.9. The molecule has 0 aliphatic rings. The van der Waals surface area contributed by atoms with Gasteiger partial charge in [0.05, 0.1) is 26.4 Å². The van der Waals surface area contributed by atoms with E-state index in [0.717, 1.165) is 102 Å². The highest BCUT2D eigenvalue weighted by molar-refractivity contribution is 7.47. The molecule has 0 amide bonds. The van der Waals surface area contributed by atoms with Crippen LogP contribution in [0.15, 0.2) is 0 Å². The third-order valence-corrected chi connectivity index (χ3v) is 19.4. The van der Waals surface area contributed by atoms with E-state index in [0.29, 0.717) is 25.7 Å². The number of unbranched alkanes of at least 4 members (excludes halogenated alkanes) is 44. The van der Waals surface area contributed by atoms with E-state index in [1.807, 2.05) is 0 Å². The van der Waals surface area contributed by atoms with Crippen molar-refractivity contribution >= 4 is 39.5 Å². The molecule has 3 N–H and O–H groups in total. The first-order valence-corrected chi connectivity index (χ1v) is 42.0. The maximum Gasteiger partial charge on any atom is 0.472 e. The van der Waals surface area contributed by atoms with Gasteiger partial charge < -0.3 is 33.8 Å². The first-order valence-electron chi connectivity index (χ1n) is 39.0. The molecule has 0 radical (unpaired) electrons. The highest BCUT2D eigenvalue weighted by atomic mass is 31.2. The Morgan fingerprint density at radius 1 is 0.287 bits per heavy atom. The lowest BCUT2D eigenvalue weighted by atomic mass is 10.0. The molecule has 94 heavy (non-hydrogen) atoms. The van der Waals surface area contributed by atoms with E-state index in [-0.39, 0.29) is 25.7 Å². The third-order valence-electron chi connectivity index (χ3n) is 17.5. The molecular weight excluding hydrogens is 1230 g/mol. The van der Waals surface area contributed by atoms with Gasteiger partial charge in [-0.25, -0.2) is 9.13 Å². The number of phosphoric acid groups is 2. The fourth-order valence-electron chi connectivity index (χ4n) is 11.5. The van der Waals surface area contributed by atoms with E-state index in [1.54, 1.807) is 0 Å². The van der Waals surface area contributed by atoms with Crippen molar-refractivity contribution in [3.8, 4) is 0 Å². The molecule has 558 valence electrons. The van der Waals surface area contributed by atoms with Crippen LogP contribution < -0.4 is 0 Å². The lowest BCUT2D eigenvalue weighted by Crippen LogP contribution is -2.30. The Labute approximate surface area is 575 Å². The predicted molar refractivity (Wildman–Crippen MR) is 381 cm³/mol. The molecule has 5 atom stereocenters. The zero-order chi connectivity index (χ0) is 69.3. The molecular formula is C75H146O17P2. The maximum atomic E-state index is 13.1.